The molecule has 4 rings (SSSR count). The normalized spacial score (nSPS) is 14.2. The molecule has 0 spiro atoms. The van der Waals surface area contributed by atoms with Gasteiger partial charge in [-0.25, -0.2) is 14.6 Å². The quantitative estimate of drug-likeness (QED) is 0.159. The van der Waals surface area contributed by atoms with Crippen LogP contribution in [0.1, 0.15) is 46.8 Å². The summed E-state index contributed by atoms with van der Waals surface area (Å²) in [6.45, 7) is 4.24. The van der Waals surface area contributed by atoms with Gasteiger partial charge >= 0.3 is 11.9 Å². The van der Waals surface area contributed by atoms with Crippen molar-refractivity contribution in [1.29, 1.82) is 0 Å². The highest BCUT2D eigenvalue weighted by Crippen LogP contribution is 2.35. The average molecular weight is 567 g/mol. The number of esters is 2. The van der Waals surface area contributed by atoms with Crippen LogP contribution in [0.25, 0.3) is 6.08 Å². The second-order valence-electron chi connectivity index (χ2n) is 7.90. The number of cyclic esters (lactones) is 1. The number of ether oxygens (including phenoxy) is 3. The molecular formula is C27H22INO5. The van der Waals surface area contributed by atoms with Crippen molar-refractivity contribution in [2.75, 3.05) is 7.11 Å². The Hall–Kier alpha value is -3.46. The zero-order valence-electron chi connectivity index (χ0n) is 18.9. The Morgan fingerprint density at radius 1 is 1.06 bits per heavy atom. The molecule has 0 unspecified atom stereocenters. The van der Waals surface area contributed by atoms with Crippen LogP contribution in [0, 0.1) is 3.57 Å². The molecule has 7 heteroatoms. The topological polar surface area (TPSA) is 74.2 Å². The average Bonchev–Trinajstić information content (AvgIpc) is 3.21. The first-order valence-corrected chi connectivity index (χ1v) is 11.7. The van der Waals surface area contributed by atoms with E-state index in [1.807, 2.05) is 30.3 Å². The lowest BCUT2D eigenvalue weighted by atomic mass is 10.0. The minimum absolute atomic E-state index is 0.176. The van der Waals surface area contributed by atoms with E-state index in [1.54, 1.807) is 42.5 Å². The lowest BCUT2D eigenvalue weighted by Crippen LogP contribution is -2.10. The van der Waals surface area contributed by atoms with Gasteiger partial charge in [0.2, 0.25) is 5.90 Å². The number of carbonyl (C=O) groups is 2. The number of hydrogen-bond donors (Lipinski definition) is 0. The lowest BCUT2D eigenvalue weighted by molar-refractivity contribution is -0.129. The maximum absolute atomic E-state index is 12.5. The van der Waals surface area contributed by atoms with Gasteiger partial charge in [0.15, 0.2) is 17.2 Å². The molecule has 172 valence electrons. The lowest BCUT2D eigenvalue weighted by Gasteiger charge is -2.12. The molecule has 0 fully saturated rings. The van der Waals surface area contributed by atoms with Gasteiger partial charge in [0.05, 0.1) is 16.2 Å². The summed E-state index contributed by atoms with van der Waals surface area (Å²) >= 11 is 2.06. The van der Waals surface area contributed by atoms with Gasteiger partial charge in [0.1, 0.15) is 0 Å². The summed E-state index contributed by atoms with van der Waals surface area (Å²) in [6.07, 6.45) is 1.62. The van der Waals surface area contributed by atoms with Gasteiger partial charge in [-0.3, -0.25) is 0 Å². The molecule has 0 bridgehead atoms. The van der Waals surface area contributed by atoms with Crippen LogP contribution in [0.5, 0.6) is 11.5 Å². The maximum atomic E-state index is 12.5. The van der Waals surface area contributed by atoms with E-state index in [4.69, 9.17) is 14.2 Å². The predicted molar refractivity (Wildman–Crippen MR) is 138 cm³/mol. The van der Waals surface area contributed by atoms with Crippen molar-refractivity contribution in [1.82, 2.24) is 0 Å². The van der Waals surface area contributed by atoms with Gasteiger partial charge in [-0.1, -0.05) is 44.2 Å². The summed E-state index contributed by atoms with van der Waals surface area (Å²) < 4.78 is 17.1. The zero-order valence-corrected chi connectivity index (χ0v) is 21.0. The fourth-order valence-corrected chi connectivity index (χ4v) is 4.08. The Kier molecular flexibility index (Phi) is 7.12. The van der Waals surface area contributed by atoms with Gasteiger partial charge in [-0.15, -0.1) is 0 Å². The molecule has 0 N–H and O–H groups in total. The first kappa shape index (κ1) is 23.7. The molecule has 1 aliphatic rings. The van der Waals surface area contributed by atoms with Crippen molar-refractivity contribution in [3.8, 4) is 11.5 Å². The summed E-state index contributed by atoms with van der Waals surface area (Å²) in [5.41, 5.74) is 3.20. The molecule has 0 aromatic heterocycles. The SMILES string of the molecule is COc1cc(/C=C2\N=C(c3ccc(C(C)C)cc3)OC2=O)cc(I)c1OC(=O)c1ccccc1. The Labute approximate surface area is 211 Å². The summed E-state index contributed by atoms with van der Waals surface area (Å²) in [7, 11) is 1.49. The van der Waals surface area contributed by atoms with Crippen molar-refractivity contribution >= 4 is 46.5 Å². The van der Waals surface area contributed by atoms with Crippen LogP contribution in [-0.2, 0) is 9.53 Å². The molecule has 6 nitrogen and oxygen atoms in total. The minimum atomic E-state index is -0.531. The third-order valence-electron chi connectivity index (χ3n) is 5.20. The van der Waals surface area contributed by atoms with Crippen LogP contribution in [0.4, 0.5) is 0 Å². The first-order valence-electron chi connectivity index (χ1n) is 10.6. The number of nitrogens with zero attached hydrogens (tertiary/aromatic N) is 1. The van der Waals surface area contributed by atoms with E-state index in [0.717, 1.165) is 5.56 Å². The highest BCUT2D eigenvalue weighted by atomic mass is 127. The molecule has 0 saturated carbocycles. The second-order valence-corrected chi connectivity index (χ2v) is 9.06. The molecule has 3 aromatic carbocycles. The van der Waals surface area contributed by atoms with Gasteiger partial charge in [-0.05, 0) is 82.1 Å². The molecule has 1 heterocycles. The summed E-state index contributed by atoms with van der Waals surface area (Å²) in [4.78, 5) is 29.3. The Morgan fingerprint density at radius 3 is 2.41 bits per heavy atom. The summed E-state index contributed by atoms with van der Waals surface area (Å²) in [5, 5.41) is 0. The van der Waals surface area contributed by atoms with Gasteiger partial charge < -0.3 is 14.2 Å². The van der Waals surface area contributed by atoms with Gasteiger partial charge in [0.25, 0.3) is 0 Å². The molecule has 0 radical (unpaired) electrons. The van der Waals surface area contributed by atoms with Crippen molar-refractivity contribution in [2.24, 2.45) is 4.99 Å². The van der Waals surface area contributed by atoms with Crippen LogP contribution in [0.15, 0.2) is 77.4 Å². The zero-order chi connectivity index (χ0) is 24.2. The van der Waals surface area contributed by atoms with Crippen LogP contribution in [-0.4, -0.2) is 24.9 Å². The molecule has 34 heavy (non-hydrogen) atoms. The van der Waals surface area contributed by atoms with Crippen LogP contribution in [0.2, 0.25) is 0 Å². The number of aliphatic imine (C=N–C) groups is 1. The number of methoxy groups -OCH3 is 1. The van der Waals surface area contributed by atoms with E-state index in [9.17, 15) is 9.59 Å². The van der Waals surface area contributed by atoms with E-state index in [0.29, 0.717) is 32.1 Å². The molecule has 0 amide bonds. The molecule has 1 aliphatic heterocycles. The van der Waals surface area contributed by atoms with E-state index in [-0.39, 0.29) is 11.6 Å². The van der Waals surface area contributed by atoms with Crippen molar-refractivity contribution in [2.45, 2.75) is 19.8 Å². The molecule has 0 aliphatic carbocycles. The summed E-state index contributed by atoms with van der Waals surface area (Å²) in [6, 6.07) is 20.0. The second kappa shape index (κ2) is 10.2. The number of rotatable bonds is 6. The number of carbonyl (C=O) groups excluding carboxylic acids is 2. The van der Waals surface area contributed by atoms with Crippen LogP contribution in [0.3, 0.4) is 0 Å². The molecular weight excluding hydrogens is 545 g/mol. The third-order valence-corrected chi connectivity index (χ3v) is 6.01. The van der Waals surface area contributed by atoms with Crippen LogP contribution >= 0.6 is 22.6 Å². The van der Waals surface area contributed by atoms with Gasteiger partial charge in [-0.2, -0.15) is 0 Å². The number of benzene rings is 3. The predicted octanol–water partition coefficient (Wildman–Crippen LogP) is 5.99. The minimum Gasteiger partial charge on any atom is -0.493 e. The van der Waals surface area contributed by atoms with E-state index < -0.39 is 11.9 Å². The Bertz CT molecular complexity index is 1290. The van der Waals surface area contributed by atoms with E-state index >= 15 is 0 Å². The number of hydrogen-bond acceptors (Lipinski definition) is 6. The molecule has 3 aromatic rings. The summed E-state index contributed by atoms with van der Waals surface area (Å²) in [5.74, 6) is 0.327. The van der Waals surface area contributed by atoms with Crippen molar-refractivity contribution < 1.29 is 23.8 Å². The van der Waals surface area contributed by atoms with Gasteiger partial charge in [0, 0.05) is 5.56 Å². The Balaban J connectivity index is 1.60. The highest BCUT2D eigenvalue weighted by molar-refractivity contribution is 14.1. The smallest absolute Gasteiger partial charge is 0.363 e. The van der Waals surface area contributed by atoms with Crippen LogP contribution < -0.4 is 9.47 Å². The fourth-order valence-electron chi connectivity index (χ4n) is 3.35. The van der Waals surface area contributed by atoms with Crippen molar-refractivity contribution in [3.63, 3.8) is 0 Å². The third kappa shape index (κ3) is 5.20. The largest absolute Gasteiger partial charge is 0.493 e. The fraction of sp³-hybridized carbons (Fsp3) is 0.148. The van der Waals surface area contributed by atoms with E-state index in [1.165, 1.54) is 12.7 Å². The first-order chi connectivity index (χ1) is 16.4. The molecule has 0 saturated heterocycles. The molecule has 0 atom stereocenters. The monoisotopic (exact) mass is 567 g/mol. The standard InChI is InChI=1S/C27H22INO5/c1-16(2)18-9-11-19(12-10-18)25-29-22(27(31)34-25)14-17-13-21(28)24(23(15-17)32-3)33-26(30)20-7-5-4-6-8-20/h4-16H,1-3H3/b22-14-. The number of halogens is 1. The highest BCUT2D eigenvalue weighted by Gasteiger charge is 2.25. The Morgan fingerprint density at radius 2 is 1.76 bits per heavy atom. The van der Waals surface area contributed by atoms with Crippen molar-refractivity contribution in [3.05, 3.63) is 98.3 Å². The maximum Gasteiger partial charge on any atom is 0.363 e. The van der Waals surface area contributed by atoms with E-state index in [2.05, 4.69) is 41.4 Å².